The molecule has 2 aromatic rings. The number of nitrogens with zero attached hydrogens (tertiary/aromatic N) is 5. The second-order valence-electron chi connectivity index (χ2n) is 6.45. The smallest absolute Gasteiger partial charge is 0.322 e. The maximum Gasteiger partial charge on any atom is 0.322 e. The van der Waals surface area contributed by atoms with E-state index in [-0.39, 0.29) is 6.03 Å². The van der Waals surface area contributed by atoms with Crippen molar-refractivity contribution in [3.63, 3.8) is 0 Å². The molecule has 0 spiro atoms. The first kappa shape index (κ1) is 15.9. The third-order valence-corrected chi connectivity index (χ3v) is 4.75. The molecule has 0 unspecified atom stereocenters. The number of pyridine rings is 1. The first-order valence-corrected chi connectivity index (χ1v) is 8.71. The normalized spacial score (nSPS) is 16.5. The molecule has 1 fully saturated rings. The first-order valence-electron chi connectivity index (χ1n) is 8.71. The molecule has 8 heteroatoms. The lowest BCUT2D eigenvalue weighted by Crippen LogP contribution is -2.41. The molecule has 0 atom stereocenters. The largest absolute Gasteiger partial charge is 0.481 e. The van der Waals surface area contributed by atoms with Gasteiger partial charge in [0.1, 0.15) is 5.82 Å². The van der Waals surface area contributed by atoms with Crippen LogP contribution >= 0.6 is 0 Å². The molecule has 8 nitrogen and oxygen atoms in total. The van der Waals surface area contributed by atoms with Gasteiger partial charge in [-0.1, -0.05) is 6.92 Å². The highest BCUT2D eigenvalue weighted by atomic mass is 16.5. The summed E-state index contributed by atoms with van der Waals surface area (Å²) in [6.07, 6.45) is 3.12. The molecular weight excluding hydrogens is 320 g/mol. The van der Waals surface area contributed by atoms with Crippen LogP contribution in [0.15, 0.2) is 12.1 Å². The molecule has 0 aromatic carbocycles. The lowest BCUT2D eigenvalue weighted by molar-refractivity contribution is 0.195. The number of rotatable bonds is 4. The number of hydrogen-bond acceptors (Lipinski definition) is 5. The van der Waals surface area contributed by atoms with E-state index < -0.39 is 0 Å². The third-order valence-electron chi connectivity index (χ3n) is 4.75. The fourth-order valence-corrected chi connectivity index (χ4v) is 3.17. The van der Waals surface area contributed by atoms with Crippen LogP contribution in [0.2, 0.25) is 0 Å². The molecular formula is C17H22N6O2. The number of anilines is 1. The summed E-state index contributed by atoms with van der Waals surface area (Å²) in [5.74, 6) is 3.07. The predicted octanol–water partition coefficient (Wildman–Crippen LogP) is 2.17. The highest BCUT2D eigenvalue weighted by Crippen LogP contribution is 2.39. The van der Waals surface area contributed by atoms with Crippen LogP contribution in [0.3, 0.4) is 0 Å². The minimum atomic E-state index is -0.135. The van der Waals surface area contributed by atoms with Crippen LogP contribution in [0, 0.1) is 0 Å². The zero-order valence-electron chi connectivity index (χ0n) is 14.5. The zero-order valence-corrected chi connectivity index (χ0v) is 14.5. The Hall–Kier alpha value is -2.64. The molecule has 1 aliphatic heterocycles. The average molecular weight is 342 g/mol. The summed E-state index contributed by atoms with van der Waals surface area (Å²) < 4.78 is 7.32. The Kier molecular flexibility index (Phi) is 4.03. The standard InChI is InChI=1S/C17H22N6O2/c1-3-12-13(6-7-15(18-12)25-2)19-17(24)22-8-9-23-14(10-22)20-21-16(23)11-4-5-11/h6-7,11H,3-5,8-10H2,1-2H3,(H,19,24). The van der Waals surface area contributed by atoms with Crippen molar-refractivity contribution >= 4 is 11.7 Å². The van der Waals surface area contributed by atoms with Gasteiger partial charge in [0.15, 0.2) is 5.82 Å². The summed E-state index contributed by atoms with van der Waals surface area (Å²) in [7, 11) is 1.58. The van der Waals surface area contributed by atoms with Gasteiger partial charge in [-0.05, 0) is 25.3 Å². The summed E-state index contributed by atoms with van der Waals surface area (Å²) >= 11 is 0. The summed E-state index contributed by atoms with van der Waals surface area (Å²) in [6, 6.07) is 3.45. The Labute approximate surface area is 146 Å². The van der Waals surface area contributed by atoms with Crippen LogP contribution in [-0.4, -0.2) is 44.3 Å². The van der Waals surface area contributed by atoms with Gasteiger partial charge in [0.2, 0.25) is 5.88 Å². The Morgan fingerprint density at radius 2 is 2.16 bits per heavy atom. The molecule has 1 N–H and O–H groups in total. The van der Waals surface area contributed by atoms with Crippen LogP contribution < -0.4 is 10.1 Å². The number of nitrogens with one attached hydrogen (secondary N) is 1. The number of methoxy groups -OCH3 is 1. The summed E-state index contributed by atoms with van der Waals surface area (Å²) in [6.45, 7) is 3.89. The van der Waals surface area contributed by atoms with Gasteiger partial charge < -0.3 is 19.5 Å². The molecule has 1 saturated carbocycles. The molecule has 3 heterocycles. The van der Waals surface area contributed by atoms with Crippen molar-refractivity contribution in [2.75, 3.05) is 19.0 Å². The molecule has 25 heavy (non-hydrogen) atoms. The van der Waals surface area contributed by atoms with Crippen LogP contribution in [0.1, 0.15) is 43.0 Å². The average Bonchev–Trinajstić information content (AvgIpc) is 3.40. The molecule has 2 aromatic heterocycles. The van der Waals surface area contributed by atoms with Gasteiger partial charge in [0.25, 0.3) is 0 Å². The van der Waals surface area contributed by atoms with Crippen molar-refractivity contribution in [3.8, 4) is 5.88 Å². The van der Waals surface area contributed by atoms with Crippen molar-refractivity contribution in [3.05, 3.63) is 29.5 Å². The maximum atomic E-state index is 12.7. The van der Waals surface area contributed by atoms with Gasteiger partial charge in [-0.3, -0.25) is 0 Å². The number of hydrogen-bond donors (Lipinski definition) is 1. The number of ether oxygens (including phenoxy) is 1. The molecule has 1 aliphatic carbocycles. The van der Waals surface area contributed by atoms with E-state index >= 15 is 0 Å². The number of carbonyl (C=O) groups excluding carboxylic acids is 1. The number of amides is 2. The minimum absolute atomic E-state index is 0.135. The Morgan fingerprint density at radius 1 is 1.32 bits per heavy atom. The predicted molar refractivity (Wildman–Crippen MR) is 91.6 cm³/mol. The van der Waals surface area contributed by atoms with Gasteiger partial charge >= 0.3 is 6.03 Å². The molecule has 0 bridgehead atoms. The van der Waals surface area contributed by atoms with Crippen LogP contribution in [0.5, 0.6) is 5.88 Å². The number of carbonyl (C=O) groups is 1. The van der Waals surface area contributed by atoms with Gasteiger partial charge in [-0.2, -0.15) is 0 Å². The van der Waals surface area contributed by atoms with Crippen LogP contribution in [0.4, 0.5) is 10.5 Å². The monoisotopic (exact) mass is 342 g/mol. The fraction of sp³-hybridized carbons (Fsp3) is 0.529. The molecule has 0 radical (unpaired) electrons. The second-order valence-corrected chi connectivity index (χ2v) is 6.45. The lowest BCUT2D eigenvalue weighted by Gasteiger charge is -2.28. The molecule has 2 aliphatic rings. The fourth-order valence-electron chi connectivity index (χ4n) is 3.17. The number of aryl methyl sites for hydroxylation is 1. The van der Waals surface area contributed by atoms with E-state index in [0.29, 0.717) is 31.3 Å². The van der Waals surface area contributed by atoms with Crippen molar-refractivity contribution in [2.45, 2.75) is 45.2 Å². The van der Waals surface area contributed by atoms with E-state index in [4.69, 9.17) is 4.74 Å². The van der Waals surface area contributed by atoms with E-state index in [9.17, 15) is 4.79 Å². The number of fused-ring (bicyclic) bond motifs is 1. The Balaban J connectivity index is 1.47. The van der Waals surface area contributed by atoms with Gasteiger partial charge in [0, 0.05) is 25.1 Å². The summed E-state index contributed by atoms with van der Waals surface area (Å²) in [5, 5.41) is 11.6. The molecule has 2 amide bonds. The quantitative estimate of drug-likeness (QED) is 0.920. The molecule has 132 valence electrons. The third kappa shape index (κ3) is 3.04. The van der Waals surface area contributed by atoms with E-state index in [0.717, 1.165) is 29.6 Å². The van der Waals surface area contributed by atoms with E-state index in [1.807, 2.05) is 13.0 Å². The highest BCUT2D eigenvalue weighted by molar-refractivity contribution is 5.90. The zero-order chi connectivity index (χ0) is 17.4. The Morgan fingerprint density at radius 3 is 2.88 bits per heavy atom. The Bertz CT molecular complexity index is 798. The number of aromatic nitrogens is 4. The minimum Gasteiger partial charge on any atom is -0.481 e. The summed E-state index contributed by atoms with van der Waals surface area (Å²) in [5.41, 5.74) is 1.53. The summed E-state index contributed by atoms with van der Waals surface area (Å²) in [4.78, 5) is 18.8. The van der Waals surface area contributed by atoms with E-state index in [1.165, 1.54) is 12.8 Å². The van der Waals surface area contributed by atoms with Crippen molar-refractivity contribution in [1.82, 2.24) is 24.6 Å². The van der Waals surface area contributed by atoms with Gasteiger partial charge in [-0.15, -0.1) is 10.2 Å². The van der Waals surface area contributed by atoms with Crippen LogP contribution in [0.25, 0.3) is 0 Å². The van der Waals surface area contributed by atoms with Crippen molar-refractivity contribution < 1.29 is 9.53 Å². The van der Waals surface area contributed by atoms with Crippen LogP contribution in [-0.2, 0) is 19.5 Å². The van der Waals surface area contributed by atoms with Crippen molar-refractivity contribution in [2.24, 2.45) is 0 Å². The lowest BCUT2D eigenvalue weighted by atomic mass is 10.2. The maximum absolute atomic E-state index is 12.7. The molecule has 4 rings (SSSR count). The molecule has 0 saturated heterocycles. The highest BCUT2D eigenvalue weighted by Gasteiger charge is 2.33. The first-order chi connectivity index (χ1) is 12.2. The van der Waals surface area contributed by atoms with Gasteiger partial charge in [0.05, 0.1) is 25.0 Å². The topological polar surface area (TPSA) is 85.2 Å². The van der Waals surface area contributed by atoms with Gasteiger partial charge in [-0.25, -0.2) is 9.78 Å². The second kappa shape index (κ2) is 6.34. The number of urea groups is 1. The van der Waals surface area contributed by atoms with Crippen molar-refractivity contribution in [1.29, 1.82) is 0 Å². The van der Waals surface area contributed by atoms with E-state index in [2.05, 4.69) is 25.1 Å². The van der Waals surface area contributed by atoms with E-state index in [1.54, 1.807) is 18.1 Å². The SMILES string of the molecule is CCc1nc(OC)ccc1NC(=O)N1CCn2c(nnc2C2CC2)C1.